The van der Waals surface area contributed by atoms with E-state index in [2.05, 4.69) is 5.32 Å². The molecular weight excluding hydrogens is 326 g/mol. The average molecular weight is 339 g/mol. The van der Waals surface area contributed by atoms with Crippen molar-refractivity contribution in [3.63, 3.8) is 0 Å². The fraction of sp³-hybridized carbons (Fsp3) is 0.0588. The maximum Gasteiger partial charge on any atom is 0.315 e. The summed E-state index contributed by atoms with van der Waals surface area (Å²) in [7, 11) is 1.24. The molecule has 0 aliphatic carbocycles. The van der Waals surface area contributed by atoms with Gasteiger partial charge in [0.15, 0.2) is 5.75 Å². The summed E-state index contributed by atoms with van der Waals surface area (Å²) in [5.74, 6) is -1.43. The van der Waals surface area contributed by atoms with Gasteiger partial charge in [-0.2, -0.15) is 5.26 Å². The fourth-order valence-electron chi connectivity index (χ4n) is 2.03. The number of hydrogen-bond donors (Lipinski definition) is 2. The topological polar surface area (TPSA) is 125 Å². The molecule has 0 aliphatic heterocycles. The molecule has 0 fully saturated rings. The van der Waals surface area contributed by atoms with Crippen LogP contribution in [0.25, 0.3) is 6.08 Å². The van der Waals surface area contributed by atoms with Crippen molar-refractivity contribution in [1.29, 1.82) is 5.26 Å². The number of methoxy groups -OCH3 is 1. The summed E-state index contributed by atoms with van der Waals surface area (Å²) in [6.07, 6.45) is 1.17. The lowest BCUT2D eigenvalue weighted by atomic mass is 10.1. The minimum atomic E-state index is -0.786. The van der Waals surface area contributed by atoms with Crippen LogP contribution in [-0.2, 0) is 4.79 Å². The van der Waals surface area contributed by atoms with Gasteiger partial charge in [-0.05, 0) is 29.8 Å². The first-order chi connectivity index (χ1) is 12.0. The number of amides is 1. The van der Waals surface area contributed by atoms with Crippen molar-refractivity contribution in [3.8, 4) is 17.6 Å². The van der Waals surface area contributed by atoms with Crippen molar-refractivity contribution in [2.24, 2.45) is 0 Å². The van der Waals surface area contributed by atoms with Gasteiger partial charge < -0.3 is 15.2 Å². The Bertz CT molecular complexity index is 885. The molecule has 0 saturated carbocycles. The van der Waals surface area contributed by atoms with E-state index >= 15 is 0 Å². The summed E-state index contributed by atoms with van der Waals surface area (Å²) >= 11 is 0. The Morgan fingerprint density at radius 1 is 1.36 bits per heavy atom. The summed E-state index contributed by atoms with van der Waals surface area (Å²) in [5.41, 5.74) is -0.179. The van der Waals surface area contributed by atoms with Crippen LogP contribution in [0.5, 0.6) is 11.5 Å². The zero-order valence-corrected chi connectivity index (χ0v) is 13.1. The van der Waals surface area contributed by atoms with Crippen LogP contribution in [0.3, 0.4) is 0 Å². The number of nitrogens with zero attached hydrogens (tertiary/aromatic N) is 2. The first-order valence-corrected chi connectivity index (χ1v) is 7.00. The van der Waals surface area contributed by atoms with Gasteiger partial charge in [-0.1, -0.05) is 18.2 Å². The van der Waals surface area contributed by atoms with E-state index in [-0.39, 0.29) is 16.9 Å². The van der Waals surface area contributed by atoms with Gasteiger partial charge in [0.2, 0.25) is 5.75 Å². The van der Waals surface area contributed by atoms with Gasteiger partial charge in [-0.25, -0.2) is 0 Å². The van der Waals surface area contributed by atoms with E-state index < -0.39 is 22.3 Å². The van der Waals surface area contributed by atoms with Crippen molar-refractivity contribution in [1.82, 2.24) is 0 Å². The monoisotopic (exact) mass is 339 g/mol. The van der Waals surface area contributed by atoms with Gasteiger partial charge in [-0.3, -0.25) is 14.9 Å². The number of hydrogen-bond acceptors (Lipinski definition) is 6. The third-order valence-electron chi connectivity index (χ3n) is 3.20. The van der Waals surface area contributed by atoms with E-state index in [1.54, 1.807) is 36.4 Å². The molecule has 8 nitrogen and oxygen atoms in total. The predicted octanol–water partition coefficient (Wildman–Crippen LogP) is 2.85. The summed E-state index contributed by atoms with van der Waals surface area (Å²) in [5, 5.41) is 32.5. The van der Waals surface area contributed by atoms with E-state index in [0.29, 0.717) is 5.69 Å². The van der Waals surface area contributed by atoms with Gasteiger partial charge >= 0.3 is 5.69 Å². The molecule has 25 heavy (non-hydrogen) atoms. The van der Waals surface area contributed by atoms with Crippen LogP contribution >= 0.6 is 0 Å². The molecule has 0 aromatic heterocycles. The lowest BCUT2D eigenvalue weighted by Gasteiger charge is -2.06. The first kappa shape index (κ1) is 17.5. The maximum atomic E-state index is 12.2. The van der Waals surface area contributed by atoms with Crippen molar-refractivity contribution < 1.29 is 19.6 Å². The van der Waals surface area contributed by atoms with Crippen molar-refractivity contribution in [3.05, 3.63) is 63.7 Å². The Morgan fingerprint density at radius 2 is 2.04 bits per heavy atom. The summed E-state index contributed by atoms with van der Waals surface area (Å²) in [6, 6.07) is 12.6. The van der Waals surface area contributed by atoms with Gasteiger partial charge in [0, 0.05) is 11.8 Å². The van der Waals surface area contributed by atoms with E-state index in [0.717, 1.165) is 6.07 Å². The summed E-state index contributed by atoms with van der Waals surface area (Å²) in [6.45, 7) is 0. The van der Waals surface area contributed by atoms with Crippen LogP contribution in [0, 0.1) is 21.4 Å². The molecule has 8 heteroatoms. The minimum Gasteiger partial charge on any atom is -0.500 e. The normalized spacial score (nSPS) is 10.6. The Balaban J connectivity index is 2.39. The highest BCUT2D eigenvalue weighted by molar-refractivity contribution is 6.09. The second-order valence-electron chi connectivity index (χ2n) is 4.84. The molecule has 0 unspecified atom stereocenters. The minimum absolute atomic E-state index is 0.138. The Labute approximate surface area is 142 Å². The average Bonchev–Trinajstić information content (AvgIpc) is 2.61. The highest BCUT2D eigenvalue weighted by Gasteiger charge is 2.20. The number of ether oxygens (including phenoxy) is 1. The zero-order chi connectivity index (χ0) is 18.4. The van der Waals surface area contributed by atoms with Crippen LogP contribution in [0.1, 0.15) is 5.56 Å². The molecule has 0 radical (unpaired) electrons. The zero-order valence-electron chi connectivity index (χ0n) is 13.1. The van der Waals surface area contributed by atoms with E-state index in [1.165, 1.54) is 19.3 Å². The number of carbonyl (C=O) groups excluding carboxylic acids is 1. The number of anilines is 1. The fourth-order valence-corrected chi connectivity index (χ4v) is 2.03. The molecule has 126 valence electrons. The highest BCUT2D eigenvalue weighted by Crippen LogP contribution is 2.37. The summed E-state index contributed by atoms with van der Waals surface area (Å²) < 4.78 is 4.88. The Kier molecular flexibility index (Phi) is 5.32. The van der Waals surface area contributed by atoms with E-state index in [1.807, 2.05) is 0 Å². The van der Waals surface area contributed by atoms with Crippen molar-refractivity contribution in [2.75, 3.05) is 12.4 Å². The predicted molar refractivity (Wildman–Crippen MR) is 90.0 cm³/mol. The molecule has 2 aromatic carbocycles. The highest BCUT2D eigenvalue weighted by atomic mass is 16.6. The molecule has 2 N–H and O–H groups in total. The second kappa shape index (κ2) is 7.61. The number of rotatable bonds is 5. The quantitative estimate of drug-likeness (QED) is 0.373. The Hall–Kier alpha value is -3.86. The van der Waals surface area contributed by atoms with Crippen LogP contribution in [-0.4, -0.2) is 23.0 Å². The molecule has 2 rings (SSSR count). The van der Waals surface area contributed by atoms with Crippen molar-refractivity contribution >= 4 is 23.4 Å². The first-order valence-electron chi connectivity index (χ1n) is 7.00. The Morgan fingerprint density at radius 3 is 2.60 bits per heavy atom. The molecule has 0 heterocycles. The van der Waals surface area contributed by atoms with Gasteiger partial charge in [-0.15, -0.1) is 0 Å². The molecular formula is C17H13N3O5. The standard InChI is InChI=1S/C17H13N3O5/c1-25-15-9-11(8-14(16(15)21)20(23)24)7-12(10-18)17(22)19-13-5-3-2-4-6-13/h2-9,21H,1H3,(H,19,22). The molecule has 0 bridgehead atoms. The number of benzene rings is 2. The largest absolute Gasteiger partial charge is 0.500 e. The van der Waals surface area contributed by atoms with Crippen molar-refractivity contribution in [2.45, 2.75) is 0 Å². The van der Waals surface area contributed by atoms with Crippen LogP contribution in [0.4, 0.5) is 11.4 Å². The lowest BCUT2D eigenvalue weighted by molar-refractivity contribution is -0.386. The molecule has 0 saturated heterocycles. The number of carbonyl (C=O) groups is 1. The van der Waals surface area contributed by atoms with Crippen LogP contribution < -0.4 is 10.1 Å². The number of para-hydroxylation sites is 1. The number of phenols is 1. The van der Waals surface area contributed by atoms with Gasteiger partial charge in [0.25, 0.3) is 5.91 Å². The van der Waals surface area contributed by atoms with Gasteiger partial charge in [0.1, 0.15) is 11.6 Å². The third-order valence-corrected chi connectivity index (χ3v) is 3.20. The maximum absolute atomic E-state index is 12.2. The second-order valence-corrected chi connectivity index (χ2v) is 4.84. The number of phenolic OH excluding ortho intramolecular Hbond substituents is 1. The molecule has 1 amide bonds. The molecule has 0 atom stereocenters. The number of nitro groups is 1. The van der Waals surface area contributed by atoms with Crippen LogP contribution in [0.2, 0.25) is 0 Å². The number of nitro benzene ring substituents is 1. The smallest absolute Gasteiger partial charge is 0.315 e. The molecule has 0 aliphatic rings. The van der Waals surface area contributed by atoms with Gasteiger partial charge in [0.05, 0.1) is 12.0 Å². The summed E-state index contributed by atoms with van der Waals surface area (Å²) in [4.78, 5) is 22.4. The number of nitrogens with one attached hydrogen (secondary N) is 1. The molecule has 0 spiro atoms. The molecule has 2 aromatic rings. The van der Waals surface area contributed by atoms with E-state index in [9.17, 15) is 25.3 Å². The number of nitriles is 1. The third kappa shape index (κ3) is 4.11. The van der Waals surface area contributed by atoms with Crippen LogP contribution in [0.15, 0.2) is 48.0 Å². The van der Waals surface area contributed by atoms with E-state index in [4.69, 9.17) is 4.74 Å². The number of aromatic hydroxyl groups is 1. The SMILES string of the molecule is COc1cc(C=C(C#N)C(=O)Nc2ccccc2)cc([N+](=O)[O-])c1O. The lowest BCUT2D eigenvalue weighted by Crippen LogP contribution is -2.13.